The van der Waals surface area contributed by atoms with Crippen molar-refractivity contribution in [3.63, 3.8) is 0 Å². The van der Waals surface area contributed by atoms with Crippen molar-refractivity contribution < 1.29 is 13.0 Å². The summed E-state index contributed by atoms with van der Waals surface area (Å²) in [6, 6.07) is 18.8. The Labute approximate surface area is 156 Å². The van der Waals surface area contributed by atoms with E-state index < -0.39 is 10.0 Å². The first-order valence-electron chi connectivity index (χ1n) is 8.15. The average molecular weight is 378 g/mol. The summed E-state index contributed by atoms with van der Waals surface area (Å²) < 4.78 is 29.9. The third-order valence-electron chi connectivity index (χ3n) is 3.93. The molecule has 0 saturated heterocycles. The Bertz CT molecular complexity index is 1210. The fourth-order valence-electron chi connectivity index (χ4n) is 2.61. The van der Waals surface area contributed by atoms with Crippen LogP contribution in [0.5, 0.6) is 0 Å². The Hall–Kier alpha value is -3.52. The van der Waals surface area contributed by atoms with E-state index in [9.17, 15) is 8.42 Å². The summed E-state index contributed by atoms with van der Waals surface area (Å²) in [5.74, 6) is 0.523. The van der Waals surface area contributed by atoms with Gasteiger partial charge in [-0.15, -0.1) is 0 Å². The normalized spacial score (nSPS) is 11.4. The minimum Gasteiger partial charge on any atom is -0.399 e. The van der Waals surface area contributed by atoms with Gasteiger partial charge < -0.3 is 5.73 Å². The van der Waals surface area contributed by atoms with Crippen LogP contribution in [0.2, 0.25) is 0 Å². The molecule has 0 aliphatic heterocycles. The molecule has 0 radical (unpaired) electrons. The minimum absolute atomic E-state index is 0.0932. The monoisotopic (exact) mass is 378 g/mol. The number of benzene rings is 2. The Morgan fingerprint density at radius 3 is 2.11 bits per heavy atom. The number of nitrogens with two attached hydrogens (primary N) is 1. The number of anilines is 2. The molecule has 2 heterocycles. The van der Waals surface area contributed by atoms with E-state index in [4.69, 9.17) is 5.73 Å². The van der Waals surface area contributed by atoms with Crippen LogP contribution < -0.4 is 15.0 Å². The Balaban J connectivity index is 1.86. The maximum atomic E-state index is 12.8. The zero-order valence-corrected chi connectivity index (χ0v) is 15.0. The molecule has 8 heteroatoms. The highest BCUT2D eigenvalue weighted by atomic mass is 32.2. The summed E-state index contributed by atoms with van der Waals surface area (Å²) in [5.41, 5.74) is 7.39. The smallest absolute Gasteiger partial charge is 0.372 e. The van der Waals surface area contributed by atoms with Gasteiger partial charge in [-0.05, 0) is 53.5 Å². The summed E-state index contributed by atoms with van der Waals surface area (Å²) >= 11 is 0. The van der Waals surface area contributed by atoms with E-state index in [1.807, 2.05) is 36.4 Å². The average Bonchev–Trinajstić information content (AvgIpc) is 2.68. The first kappa shape index (κ1) is 16.9. The second-order valence-corrected chi connectivity index (χ2v) is 7.52. The Morgan fingerprint density at radius 2 is 1.44 bits per heavy atom. The summed E-state index contributed by atoms with van der Waals surface area (Å²) in [5, 5.41) is 0. The molecule has 0 aliphatic rings. The number of pyridine rings is 1. The molecule has 2 aromatic heterocycles. The quantitative estimate of drug-likeness (QED) is 0.419. The van der Waals surface area contributed by atoms with Gasteiger partial charge in [0.05, 0.1) is 17.3 Å². The Kier molecular flexibility index (Phi) is 4.17. The minimum atomic E-state index is -3.85. The van der Waals surface area contributed by atoms with Crippen molar-refractivity contribution in [2.45, 2.75) is 4.90 Å². The van der Waals surface area contributed by atoms with Gasteiger partial charge in [0.1, 0.15) is 5.52 Å². The van der Waals surface area contributed by atoms with Crippen LogP contribution in [0.1, 0.15) is 0 Å². The van der Waals surface area contributed by atoms with Crippen LogP contribution in [-0.4, -0.2) is 18.4 Å². The highest BCUT2D eigenvalue weighted by molar-refractivity contribution is 7.92. The van der Waals surface area contributed by atoms with Gasteiger partial charge in [0.15, 0.2) is 0 Å². The van der Waals surface area contributed by atoms with Gasteiger partial charge in [0.25, 0.3) is 10.0 Å². The molecule has 27 heavy (non-hydrogen) atoms. The first-order chi connectivity index (χ1) is 13.0. The van der Waals surface area contributed by atoms with Crippen LogP contribution in [-0.2, 0) is 10.0 Å². The molecule has 4 rings (SSSR count). The number of sulfonamides is 1. The molecule has 0 bridgehead atoms. The molecule has 7 nitrogen and oxygen atoms in total. The molecular weight excluding hydrogens is 362 g/mol. The third kappa shape index (κ3) is 3.42. The van der Waals surface area contributed by atoms with E-state index in [0.717, 1.165) is 0 Å². The van der Waals surface area contributed by atoms with Crippen molar-refractivity contribution in [1.82, 2.24) is 9.97 Å². The zero-order chi connectivity index (χ0) is 18.9. The summed E-state index contributed by atoms with van der Waals surface area (Å²) in [4.78, 5) is 9.17. The van der Waals surface area contributed by atoms with E-state index >= 15 is 0 Å². The van der Waals surface area contributed by atoms with Crippen molar-refractivity contribution in [2.24, 2.45) is 0 Å². The first-order valence-corrected chi connectivity index (χ1v) is 9.63. The van der Waals surface area contributed by atoms with E-state index in [-0.39, 0.29) is 10.7 Å². The van der Waals surface area contributed by atoms with Crippen molar-refractivity contribution in [1.29, 1.82) is 0 Å². The lowest BCUT2D eigenvalue weighted by molar-refractivity contribution is -0.598. The molecule has 134 valence electrons. The number of aromatic nitrogens is 3. The number of fused-ring (bicyclic) bond motifs is 1. The van der Waals surface area contributed by atoms with Gasteiger partial charge in [-0.3, -0.25) is 4.72 Å². The predicted molar refractivity (Wildman–Crippen MR) is 103 cm³/mol. The lowest BCUT2D eigenvalue weighted by atomic mass is 10.3. The molecule has 0 spiro atoms. The molecule has 4 aromatic rings. The van der Waals surface area contributed by atoms with Crippen LogP contribution in [0.15, 0.2) is 84.0 Å². The van der Waals surface area contributed by atoms with Crippen LogP contribution in [0.25, 0.3) is 16.9 Å². The fourth-order valence-corrected chi connectivity index (χ4v) is 3.62. The molecule has 0 amide bonds. The number of hydrogen-bond donors (Lipinski definition) is 2. The predicted octanol–water partition coefficient (Wildman–Crippen LogP) is 2.29. The van der Waals surface area contributed by atoms with Gasteiger partial charge in [0, 0.05) is 5.69 Å². The standard InChI is InChI=1S/C19H16N5O2S/c20-14-8-10-15(11-9-14)27(25,26)23-18-19(24-12-4-1-5-13-24)22-17-7-3-2-6-16(17)21-18/h1-13H,20H2,(H,21,23)/q+1. The molecule has 3 N–H and O–H groups in total. The van der Waals surface area contributed by atoms with E-state index in [0.29, 0.717) is 22.5 Å². The van der Waals surface area contributed by atoms with E-state index in [1.165, 1.54) is 24.3 Å². The number of nitrogens with one attached hydrogen (secondary N) is 1. The summed E-state index contributed by atoms with van der Waals surface area (Å²) in [6.45, 7) is 0. The number of rotatable bonds is 4. The molecule has 0 saturated carbocycles. The van der Waals surface area contributed by atoms with E-state index in [2.05, 4.69) is 14.7 Å². The summed E-state index contributed by atoms with van der Waals surface area (Å²) in [6.07, 6.45) is 3.56. The maximum absolute atomic E-state index is 12.8. The van der Waals surface area contributed by atoms with Gasteiger partial charge >= 0.3 is 5.82 Å². The van der Waals surface area contributed by atoms with Gasteiger partial charge in [-0.25, -0.2) is 18.0 Å². The second-order valence-electron chi connectivity index (χ2n) is 5.84. The molecule has 0 aliphatic carbocycles. The summed E-state index contributed by atoms with van der Waals surface area (Å²) in [7, 11) is -3.85. The number of para-hydroxylation sites is 2. The number of hydrogen-bond acceptors (Lipinski definition) is 5. The van der Waals surface area contributed by atoms with Gasteiger partial charge in [-0.2, -0.15) is 0 Å². The van der Waals surface area contributed by atoms with Crippen molar-refractivity contribution in [3.8, 4) is 5.82 Å². The van der Waals surface area contributed by atoms with Crippen LogP contribution >= 0.6 is 0 Å². The van der Waals surface area contributed by atoms with Crippen LogP contribution in [0.4, 0.5) is 11.5 Å². The highest BCUT2D eigenvalue weighted by Crippen LogP contribution is 2.21. The lowest BCUT2D eigenvalue weighted by Crippen LogP contribution is -2.33. The molecule has 0 atom stereocenters. The maximum Gasteiger partial charge on any atom is 0.372 e. The van der Waals surface area contributed by atoms with Crippen LogP contribution in [0.3, 0.4) is 0 Å². The Morgan fingerprint density at radius 1 is 0.815 bits per heavy atom. The number of nitrogen functional groups attached to an aromatic ring is 1. The lowest BCUT2D eigenvalue weighted by Gasteiger charge is -2.09. The molecular formula is C19H16N5O2S+. The second kappa shape index (κ2) is 6.65. The fraction of sp³-hybridized carbons (Fsp3) is 0. The highest BCUT2D eigenvalue weighted by Gasteiger charge is 2.24. The van der Waals surface area contributed by atoms with Gasteiger partial charge in [0.2, 0.25) is 11.3 Å². The third-order valence-corrected chi connectivity index (χ3v) is 5.29. The SMILES string of the molecule is Nc1ccc(S(=O)(=O)Nc2nc3ccccc3nc2-[n+]2ccccc2)cc1. The van der Waals surface area contributed by atoms with Gasteiger partial charge in [-0.1, -0.05) is 18.2 Å². The molecule has 2 aromatic carbocycles. The van der Waals surface area contributed by atoms with Crippen molar-refractivity contribution >= 4 is 32.6 Å². The van der Waals surface area contributed by atoms with E-state index in [1.54, 1.807) is 23.0 Å². The van der Waals surface area contributed by atoms with Crippen molar-refractivity contribution in [2.75, 3.05) is 10.5 Å². The molecule has 0 unspecified atom stereocenters. The molecule has 0 fully saturated rings. The van der Waals surface area contributed by atoms with Crippen molar-refractivity contribution in [3.05, 3.63) is 79.1 Å². The topological polar surface area (TPSA) is 102 Å². The zero-order valence-electron chi connectivity index (χ0n) is 14.1. The van der Waals surface area contributed by atoms with Crippen LogP contribution in [0, 0.1) is 0 Å². The largest absolute Gasteiger partial charge is 0.399 e. The number of nitrogens with zero attached hydrogens (tertiary/aromatic N) is 3.